The molecule has 3 aromatic rings. The van der Waals surface area contributed by atoms with Gasteiger partial charge in [0.1, 0.15) is 10.7 Å². The minimum Gasteiger partial charge on any atom is -0.309 e. The summed E-state index contributed by atoms with van der Waals surface area (Å²) in [6.45, 7) is 6.03. The molecule has 26 heavy (non-hydrogen) atoms. The highest BCUT2D eigenvalue weighted by Gasteiger charge is 2.23. The molecule has 0 spiro atoms. The van der Waals surface area contributed by atoms with Crippen LogP contribution in [0, 0.1) is 13.8 Å². The Bertz CT molecular complexity index is 985. The van der Waals surface area contributed by atoms with Crippen LogP contribution in [0.15, 0.2) is 9.95 Å². The number of aryl methyl sites for hydroxylation is 2. The predicted octanol–water partition coefficient (Wildman–Crippen LogP) is 3.95. The number of thioether (sulfide) groups is 1. The maximum Gasteiger partial charge on any atom is 0.259 e. The summed E-state index contributed by atoms with van der Waals surface area (Å²) >= 11 is 3.12. The first-order valence-electron chi connectivity index (χ1n) is 8.99. The number of aromatic nitrogens is 6. The second-order valence-electron chi connectivity index (χ2n) is 6.87. The first kappa shape index (κ1) is 17.7. The number of tetrazole rings is 1. The van der Waals surface area contributed by atoms with Crippen LogP contribution in [0.3, 0.4) is 0 Å². The molecule has 7 nitrogen and oxygen atoms in total. The number of rotatable bonds is 4. The summed E-state index contributed by atoms with van der Waals surface area (Å²) in [5.74, 6) is 0.673. The van der Waals surface area contributed by atoms with E-state index in [1.54, 1.807) is 23.1 Å². The van der Waals surface area contributed by atoms with Crippen LogP contribution in [0.4, 0.5) is 0 Å². The minimum atomic E-state index is -0.0637. The molecule has 0 saturated heterocycles. The molecule has 4 rings (SSSR count). The van der Waals surface area contributed by atoms with E-state index >= 15 is 0 Å². The van der Waals surface area contributed by atoms with Gasteiger partial charge in [-0.2, -0.15) is 0 Å². The average molecular weight is 391 g/mol. The van der Waals surface area contributed by atoms with Crippen LogP contribution in [-0.4, -0.2) is 30.2 Å². The highest BCUT2D eigenvalue weighted by molar-refractivity contribution is 7.99. The Morgan fingerprint density at radius 3 is 2.81 bits per heavy atom. The monoisotopic (exact) mass is 390 g/mol. The van der Waals surface area contributed by atoms with Crippen LogP contribution >= 0.6 is 23.1 Å². The Hall–Kier alpha value is -1.74. The normalized spacial score (nSPS) is 17.0. The molecule has 1 aliphatic rings. The van der Waals surface area contributed by atoms with Gasteiger partial charge in [-0.05, 0) is 49.6 Å². The molecule has 0 bridgehead atoms. The Morgan fingerprint density at radius 1 is 1.27 bits per heavy atom. The van der Waals surface area contributed by atoms with Gasteiger partial charge < -0.3 is 4.98 Å². The lowest BCUT2D eigenvalue weighted by Gasteiger charge is -2.22. The topological polar surface area (TPSA) is 89.3 Å². The molecule has 1 unspecified atom stereocenters. The lowest BCUT2D eigenvalue weighted by atomic mass is 9.96. The van der Waals surface area contributed by atoms with Crippen molar-refractivity contribution in [3.05, 3.63) is 26.6 Å². The molecule has 0 radical (unpaired) electrons. The first-order valence-corrected chi connectivity index (χ1v) is 10.7. The van der Waals surface area contributed by atoms with Crippen LogP contribution < -0.4 is 5.56 Å². The molecule has 9 heteroatoms. The van der Waals surface area contributed by atoms with Crippen molar-refractivity contribution in [2.24, 2.45) is 0 Å². The summed E-state index contributed by atoms with van der Waals surface area (Å²) < 4.78 is 1.95. The Labute approximate surface area is 159 Å². The standard InChI is InChI=1S/C17H22N6OS2/c1-9-10(2)25-16-13(9)15(24)18-14(19-16)11(3)26-17-20-21-22-23(17)12-7-5-4-6-8-12/h11-12H,4-8H2,1-3H3,(H,18,19,24). The van der Waals surface area contributed by atoms with E-state index in [4.69, 9.17) is 4.98 Å². The third kappa shape index (κ3) is 3.18. The lowest BCUT2D eigenvalue weighted by molar-refractivity contribution is 0.307. The van der Waals surface area contributed by atoms with Crippen LogP contribution in [-0.2, 0) is 0 Å². The van der Waals surface area contributed by atoms with E-state index in [9.17, 15) is 4.79 Å². The van der Waals surface area contributed by atoms with Crippen molar-refractivity contribution in [3.63, 3.8) is 0 Å². The molecule has 0 aliphatic heterocycles. The number of H-pyrrole nitrogens is 1. The van der Waals surface area contributed by atoms with Gasteiger partial charge in [-0.1, -0.05) is 31.0 Å². The second kappa shape index (κ2) is 7.11. The Morgan fingerprint density at radius 2 is 2.04 bits per heavy atom. The van der Waals surface area contributed by atoms with Gasteiger partial charge in [0, 0.05) is 4.88 Å². The third-order valence-electron chi connectivity index (χ3n) is 5.11. The molecular formula is C17H22N6OS2. The highest BCUT2D eigenvalue weighted by Crippen LogP contribution is 2.36. The van der Waals surface area contributed by atoms with Crippen molar-refractivity contribution < 1.29 is 0 Å². The zero-order valence-corrected chi connectivity index (χ0v) is 16.8. The molecule has 0 aromatic carbocycles. The molecule has 1 atom stereocenters. The quantitative estimate of drug-likeness (QED) is 0.679. The van der Waals surface area contributed by atoms with Crippen molar-refractivity contribution >= 4 is 33.3 Å². The molecule has 138 valence electrons. The van der Waals surface area contributed by atoms with Crippen LogP contribution in [0.1, 0.15) is 66.6 Å². The smallest absolute Gasteiger partial charge is 0.259 e. The van der Waals surface area contributed by atoms with Crippen LogP contribution in [0.2, 0.25) is 0 Å². The number of hydrogen-bond donors (Lipinski definition) is 1. The highest BCUT2D eigenvalue weighted by atomic mass is 32.2. The van der Waals surface area contributed by atoms with E-state index in [2.05, 4.69) is 20.5 Å². The van der Waals surface area contributed by atoms with Crippen molar-refractivity contribution in [1.82, 2.24) is 30.2 Å². The predicted molar refractivity (Wildman–Crippen MR) is 104 cm³/mol. The molecular weight excluding hydrogens is 368 g/mol. The summed E-state index contributed by atoms with van der Waals surface area (Å²) in [5, 5.41) is 13.8. The summed E-state index contributed by atoms with van der Waals surface area (Å²) in [5.41, 5.74) is 0.957. The van der Waals surface area contributed by atoms with Gasteiger partial charge in [0.05, 0.1) is 16.7 Å². The van der Waals surface area contributed by atoms with E-state index < -0.39 is 0 Å². The third-order valence-corrected chi connectivity index (χ3v) is 7.27. The fraction of sp³-hybridized carbons (Fsp3) is 0.588. The van der Waals surface area contributed by atoms with Gasteiger partial charge in [-0.25, -0.2) is 9.67 Å². The summed E-state index contributed by atoms with van der Waals surface area (Å²) in [6.07, 6.45) is 6.01. The van der Waals surface area contributed by atoms with Gasteiger partial charge in [-0.15, -0.1) is 16.4 Å². The molecule has 0 amide bonds. The second-order valence-corrected chi connectivity index (χ2v) is 9.38. The zero-order chi connectivity index (χ0) is 18.3. The maximum absolute atomic E-state index is 12.5. The van der Waals surface area contributed by atoms with Crippen molar-refractivity contribution in [2.45, 2.75) is 69.3 Å². The van der Waals surface area contributed by atoms with E-state index in [0.717, 1.165) is 33.3 Å². The molecule has 1 fully saturated rings. The largest absolute Gasteiger partial charge is 0.309 e. The van der Waals surface area contributed by atoms with Gasteiger partial charge in [0.15, 0.2) is 0 Å². The van der Waals surface area contributed by atoms with E-state index in [1.807, 2.05) is 25.5 Å². The molecule has 1 N–H and O–H groups in total. The summed E-state index contributed by atoms with van der Waals surface area (Å²) in [4.78, 5) is 22.1. The van der Waals surface area contributed by atoms with Gasteiger partial charge >= 0.3 is 0 Å². The molecule has 1 saturated carbocycles. The number of hydrogen-bond acceptors (Lipinski definition) is 7. The summed E-state index contributed by atoms with van der Waals surface area (Å²) in [6, 6.07) is 0.380. The Balaban J connectivity index is 1.61. The molecule has 3 heterocycles. The van der Waals surface area contributed by atoms with Gasteiger partial charge in [-0.3, -0.25) is 4.79 Å². The van der Waals surface area contributed by atoms with Crippen molar-refractivity contribution in [3.8, 4) is 0 Å². The fourth-order valence-corrected chi connectivity index (χ4v) is 5.45. The number of nitrogens with zero attached hydrogens (tertiary/aromatic N) is 5. The number of thiophene rings is 1. The number of aromatic amines is 1. The van der Waals surface area contributed by atoms with Gasteiger partial charge in [0.25, 0.3) is 5.56 Å². The fourth-order valence-electron chi connectivity index (χ4n) is 3.50. The SMILES string of the molecule is Cc1sc2nc(C(C)Sc3nnnn3C3CCCCC3)[nH]c(=O)c2c1C. The van der Waals surface area contributed by atoms with E-state index in [-0.39, 0.29) is 10.8 Å². The van der Waals surface area contributed by atoms with E-state index in [1.165, 1.54) is 19.3 Å². The lowest BCUT2D eigenvalue weighted by Crippen LogP contribution is -2.16. The average Bonchev–Trinajstić information content (AvgIpc) is 3.20. The van der Waals surface area contributed by atoms with Crippen molar-refractivity contribution in [2.75, 3.05) is 0 Å². The summed E-state index contributed by atoms with van der Waals surface area (Å²) in [7, 11) is 0. The molecule has 1 aliphatic carbocycles. The zero-order valence-electron chi connectivity index (χ0n) is 15.2. The molecule has 3 aromatic heterocycles. The van der Waals surface area contributed by atoms with E-state index in [0.29, 0.717) is 17.3 Å². The van der Waals surface area contributed by atoms with Gasteiger partial charge in [0.2, 0.25) is 5.16 Å². The number of fused-ring (bicyclic) bond motifs is 1. The number of nitrogens with one attached hydrogen (secondary N) is 1. The van der Waals surface area contributed by atoms with Crippen molar-refractivity contribution in [1.29, 1.82) is 0 Å². The maximum atomic E-state index is 12.5. The van der Waals surface area contributed by atoms with Crippen LogP contribution in [0.5, 0.6) is 0 Å². The first-order chi connectivity index (χ1) is 12.5. The van der Waals surface area contributed by atoms with Crippen LogP contribution in [0.25, 0.3) is 10.2 Å². The Kier molecular flexibility index (Phi) is 4.83. The minimum absolute atomic E-state index is 0.0387.